The van der Waals surface area contributed by atoms with E-state index in [9.17, 15) is 33.9 Å². The van der Waals surface area contributed by atoms with Crippen molar-refractivity contribution in [3.8, 4) is 11.1 Å². The SMILES string of the molecule is CCCCc1ccc(-c2ccc(C(=O)C[C@@H](CCN)C(=O)N[C@H](C(=O)C[C@@H](C)C(=O)N[C@@H](CCCCN)C(=O)C[C@@H](C)C(=O)C3(C)CO3)[C@@H](C)O)cc2)cc1. The van der Waals surface area contributed by atoms with Crippen LogP contribution < -0.4 is 22.1 Å². The number of unbranched alkanes of at least 4 members (excludes halogenated alkanes) is 2. The van der Waals surface area contributed by atoms with E-state index in [1.807, 2.05) is 12.1 Å². The second-order valence-corrected chi connectivity index (χ2v) is 15.4. The lowest BCUT2D eigenvalue weighted by Gasteiger charge is -2.25. The molecule has 2 amide bonds. The fourth-order valence-electron chi connectivity index (χ4n) is 6.65. The molecule has 1 saturated heterocycles. The van der Waals surface area contributed by atoms with Gasteiger partial charge < -0.3 is 31.9 Å². The van der Waals surface area contributed by atoms with E-state index in [1.165, 1.54) is 19.4 Å². The molecule has 1 aliphatic heterocycles. The third-order valence-corrected chi connectivity index (χ3v) is 10.4. The number of ketones is 4. The van der Waals surface area contributed by atoms with Crippen LogP contribution in [0.2, 0.25) is 0 Å². The normalized spacial score (nSPS) is 18.3. The summed E-state index contributed by atoms with van der Waals surface area (Å²) in [6, 6.07) is 13.4. The first-order chi connectivity index (χ1) is 26.1. The molecule has 3 rings (SSSR count). The van der Waals surface area contributed by atoms with Gasteiger partial charge in [0.25, 0.3) is 0 Å². The Balaban J connectivity index is 1.61. The molecule has 2 aromatic rings. The number of amides is 2. The number of aliphatic hydroxyl groups excluding tert-OH is 1. The van der Waals surface area contributed by atoms with E-state index in [0.717, 1.165) is 30.4 Å². The number of aryl methyl sites for hydroxylation is 1. The summed E-state index contributed by atoms with van der Waals surface area (Å²) in [6.07, 6.45) is 3.17. The van der Waals surface area contributed by atoms with Crippen molar-refractivity contribution in [1.29, 1.82) is 0 Å². The van der Waals surface area contributed by atoms with E-state index in [4.69, 9.17) is 16.2 Å². The maximum absolute atomic E-state index is 13.5. The Kier molecular flexibility index (Phi) is 18.0. The summed E-state index contributed by atoms with van der Waals surface area (Å²) in [5.41, 5.74) is 14.3. The highest BCUT2D eigenvalue weighted by Gasteiger charge is 2.49. The zero-order valence-electron chi connectivity index (χ0n) is 33.2. The van der Waals surface area contributed by atoms with Crippen LogP contribution in [0.15, 0.2) is 48.5 Å². The number of aliphatic hydroxyl groups is 1. The van der Waals surface area contributed by atoms with E-state index in [1.54, 1.807) is 26.0 Å². The standard InChI is InChI=1S/C43H62N4O8/c1-6-7-10-30-12-14-31(15-13-30)32-16-18-33(19-17-32)36(49)25-34(20-22-45)42(54)47-39(29(4)48)38(51)24-28(3)41(53)46-35(11-8-9-21-44)37(50)23-27(2)40(52)43(5)26-55-43/h12-19,27-29,34-35,39,48H,6-11,20-26,44-45H2,1-5H3,(H,46,53)(H,47,54)/t27-,28-,29-,34-,35+,39+,43?/m1/s1. The van der Waals surface area contributed by atoms with E-state index in [-0.39, 0.29) is 49.6 Å². The molecule has 0 aliphatic carbocycles. The lowest BCUT2D eigenvalue weighted by Crippen LogP contribution is -2.51. The summed E-state index contributed by atoms with van der Waals surface area (Å²) >= 11 is 0. The van der Waals surface area contributed by atoms with Gasteiger partial charge >= 0.3 is 0 Å². The first kappa shape index (κ1) is 45.3. The van der Waals surface area contributed by atoms with Crippen LogP contribution in [0.1, 0.15) is 108 Å². The van der Waals surface area contributed by atoms with Crippen LogP contribution in [-0.2, 0) is 35.1 Å². The van der Waals surface area contributed by atoms with Gasteiger partial charge in [0.2, 0.25) is 11.8 Å². The molecule has 1 unspecified atom stereocenters. The summed E-state index contributed by atoms with van der Waals surface area (Å²) in [5, 5.41) is 15.9. The van der Waals surface area contributed by atoms with E-state index in [0.29, 0.717) is 38.0 Å². The van der Waals surface area contributed by atoms with Crippen molar-refractivity contribution < 1.29 is 38.6 Å². The van der Waals surface area contributed by atoms with Crippen molar-refractivity contribution in [1.82, 2.24) is 10.6 Å². The van der Waals surface area contributed by atoms with Crippen LogP contribution in [0.4, 0.5) is 0 Å². The topological polar surface area (TPSA) is 211 Å². The van der Waals surface area contributed by atoms with Gasteiger partial charge in [-0.2, -0.15) is 0 Å². The molecule has 0 radical (unpaired) electrons. The number of carbonyl (C=O) groups excluding carboxylic acids is 6. The molecular formula is C43H62N4O8. The van der Waals surface area contributed by atoms with Crippen LogP contribution in [-0.4, -0.2) is 83.5 Å². The average molecular weight is 763 g/mol. The van der Waals surface area contributed by atoms with Crippen LogP contribution in [0.25, 0.3) is 11.1 Å². The molecule has 12 heteroatoms. The van der Waals surface area contributed by atoms with Crippen molar-refractivity contribution in [2.45, 2.75) is 123 Å². The number of nitrogens with one attached hydrogen (secondary N) is 2. The fourth-order valence-corrected chi connectivity index (χ4v) is 6.65. The number of carbonyl (C=O) groups is 6. The van der Waals surface area contributed by atoms with Gasteiger partial charge in [0, 0.05) is 42.6 Å². The van der Waals surface area contributed by atoms with E-state index < -0.39 is 59.1 Å². The van der Waals surface area contributed by atoms with E-state index >= 15 is 0 Å². The number of nitrogens with two attached hydrogens (primary N) is 2. The number of epoxide rings is 1. The van der Waals surface area contributed by atoms with Crippen LogP contribution in [0.5, 0.6) is 0 Å². The number of ether oxygens (including phenoxy) is 1. The summed E-state index contributed by atoms with van der Waals surface area (Å²) in [7, 11) is 0. The molecule has 55 heavy (non-hydrogen) atoms. The first-order valence-electron chi connectivity index (χ1n) is 19.8. The highest BCUT2D eigenvalue weighted by atomic mass is 16.6. The van der Waals surface area contributed by atoms with Crippen molar-refractivity contribution in [3.05, 3.63) is 59.7 Å². The second kappa shape index (κ2) is 21.8. The minimum atomic E-state index is -1.34. The zero-order valence-corrected chi connectivity index (χ0v) is 33.2. The summed E-state index contributed by atoms with van der Waals surface area (Å²) in [4.78, 5) is 79.5. The third-order valence-electron chi connectivity index (χ3n) is 10.4. The Morgan fingerprint density at radius 3 is 1.91 bits per heavy atom. The minimum Gasteiger partial charge on any atom is -0.391 e. The Hall–Kier alpha value is -4.10. The van der Waals surface area contributed by atoms with Crippen molar-refractivity contribution >= 4 is 34.9 Å². The number of benzene rings is 2. The number of hydrogen-bond donors (Lipinski definition) is 5. The van der Waals surface area contributed by atoms with Gasteiger partial charge in [-0.1, -0.05) is 75.7 Å². The van der Waals surface area contributed by atoms with Gasteiger partial charge in [0.1, 0.15) is 11.6 Å². The van der Waals surface area contributed by atoms with Gasteiger partial charge in [0.05, 0.1) is 18.8 Å². The lowest BCUT2D eigenvalue weighted by molar-refractivity contribution is -0.136. The molecule has 12 nitrogen and oxygen atoms in total. The van der Waals surface area contributed by atoms with Crippen molar-refractivity contribution in [3.63, 3.8) is 0 Å². The highest BCUT2D eigenvalue weighted by Crippen LogP contribution is 2.31. The Labute approximate surface area is 325 Å². The predicted molar refractivity (Wildman–Crippen MR) is 212 cm³/mol. The largest absolute Gasteiger partial charge is 0.391 e. The van der Waals surface area contributed by atoms with Gasteiger partial charge in [-0.3, -0.25) is 28.8 Å². The Morgan fingerprint density at radius 1 is 0.764 bits per heavy atom. The van der Waals surface area contributed by atoms with Crippen LogP contribution in [0, 0.1) is 17.8 Å². The van der Waals surface area contributed by atoms with Crippen molar-refractivity contribution in [2.75, 3.05) is 19.7 Å². The molecule has 0 spiro atoms. The monoisotopic (exact) mass is 762 g/mol. The summed E-state index contributed by atoms with van der Waals surface area (Å²) in [5.74, 6) is -4.81. The van der Waals surface area contributed by atoms with Crippen LogP contribution >= 0.6 is 0 Å². The molecule has 0 bridgehead atoms. The molecule has 1 aliphatic rings. The summed E-state index contributed by atoms with van der Waals surface area (Å²) < 4.78 is 5.24. The fraction of sp³-hybridized carbons (Fsp3) is 0.581. The summed E-state index contributed by atoms with van der Waals surface area (Å²) in [6.45, 7) is 9.25. The molecular weight excluding hydrogens is 700 g/mol. The number of rotatable bonds is 26. The van der Waals surface area contributed by atoms with Gasteiger partial charge in [-0.15, -0.1) is 0 Å². The maximum Gasteiger partial charge on any atom is 0.224 e. The van der Waals surface area contributed by atoms with Crippen molar-refractivity contribution in [2.24, 2.45) is 29.2 Å². The average Bonchev–Trinajstić information content (AvgIpc) is 3.92. The van der Waals surface area contributed by atoms with Gasteiger partial charge in [-0.25, -0.2) is 0 Å². The highest BCUT2D eigenvalue weighted by molar-refractivity contribution is 6.00. The zero-order chi connectivity index (χ0) is 40.7. The van der Waals surface area contributed by atoms with Crippen LogP contribution in [0.3, 0.4) is 0 Å². The lowest BCUT2D eigenvalue weighted by atomic mass is 9.89. The van der Waals surface area contributed by atoms with Gasteiger partial charge in [-0.05, 0) is 82.2 Å². The van der Waals surface area contributed by atoms with Gasteiger partial charge in [0.15, 0.2) is 23.1 Å². The molecule has 2 aromatic carbocycles. The molecule has 7 N–H and O–H groups in total. The maximum atomic E-state index is 13.5. The molecule has 1 heterocycles. The second-order valence-electron chi connectivity index (χ2n) is 15.4. The molecule has 7 atom stereocenters. The Morgan fingerprint density at radius 2 is 1.36 bits per heavy atom. The predicted octanol–water partition coefficient (Wildman–Crippen LogP) is 4.26. The van der Waals surface area contributed by atoms with E-state index in [2.05, 4.69) is 41.8 Å². The number of hydrogen-bond acceptors (Lipinski definition) is 10. The minimum absolute atomic E-state index is 0.0692. The molecule has 1 fully saturated rings. The molecule has 0 aromatic heterocycles. The third kappa shape index (κ3) is 13.9. The molecule has 302 valence electrons. The quantitative estimate of drug-likeness (QED) is 0.0522. The first-order valence-corrected chi connectivity index (χ1v) is 19.8. The smallest absolute Gasteiger partial charge is 0.224 e. The Bertz CT molecular complexity index is 1600. The number of Topliss-reactive ketones (excluding diaryl/α,β-unsaturated/α-hetero) is 4. The molecule has 0 saturated carbocycles.